The number of morpholine rings is 1. The van der Waals surface area contributed by atoms with Crippen molar-refractivity contribution in [2.45, 2.75) is 43.7 Å². The minimum absolute atomic E-state index is 0.201. The normalized spacial score (nSPS) is 25.8. The summed E-state index contributed by atoms with van der Waals surface area (Å²) in [4.78, 5) is 2.52. The van der Waals surface area contributed by atoms with Gasteiger partial charge in [0, 0.05) is 18.6 Å². The maximum absolute atomic E-state index is 11.7. The molecular weight excluding hydrogens is 386 g/mol. The van der Waals surface area contributed by atoms with Crippen molar-refractivity contribution in [3.63, 3.8) is 0 Å². The summed E-state index contributed by atoms with van der Waals surface area (Å²) in [5.41, 5.74) is 2.52. The van der Waals surface area contributed by atoms with Crippen LogP contribution in [0.3, 0.4) is 0 Å². The van der Waals surface area contributed by atoms with Crippen molar-refractivity contribution in [1.29, 1.82) is 0 Å². The minimum atomic E-state index is -0.863. The average molecular weight is 416 g/mol. The molecule has 2 bridgehead atoms. The molecule has 2 atom stereocenters. The van der Waals surface area contributed by atoms with Crippen LogP contribution < -0.4 is 4.74 Å². The van der Waals surface area contributed by atoms with Gasteiger partial charge in [0.05, 0.1) is 18.8 Å². The van der Waals surface area contributed by atoms with Gasteiger partial charge in [0.25, 0.3) is 0 Å². The first-order chi connectivity index (χ1) is 15.2. The van der Waals surface area contributed by atoms with Gasteiger partial charge < -0.3 is 14.6 Å². The second-order valence-corrected chi connectivity index (χ2v) is 8.74. The largest absolute Gasteiger partial charge is 0.489 e. The minimum Gasteiger partial charge on any atom is -0.489 e. The Morgan fingerprint density at radius 3 is 2.16 bits per heavy atom. The average Bonchev–Trinajstić information content (AvgIpc) is 2.80. The molecule has 3 aromatic rings. The summed E-state index contributed by atoms with van der Waals surface area (Å²) in [6, 6.07) is 29.1. The summed E-state index contributed by atoms with van der Waals surface area (Å²) in [5, 5.41) is 11.7. The van der Waals surface area contributed by atoms with Gasteiger partial charge in [-0.05, 0) is 41.7 Å². The maximum Gasteiger partial charge on any atom is 0.120 e. The third-order valence-corrected chi connectivity index (χ3v) is 6.53. The Morgan fingerprint density at radius 1 is 0.839 bits per heavy atom. The van der Waals surface area contributed by atoms with Crippen molar-refractivity contribution in [1.82, 2.24) is 4.90 Å². The quantitative estimate of drug-likeness (QED) is 0.643. The predicted octanol–water partition coefficient (Wildman–Crippen LogP) is 4.52. The van der Waals surface area contributed by atoms with Crippen LogP contribution in [-0.2, 0) is 23.5 Å². The molecule has 0 amide bonds. The molecule has 2 aliphatic rings. The highest BCUT2D eigenvalue weighted by molar-refractivity contribution is 5.34. The first-order valence-electron chi connectivity index (χ1n) is 11.1. The molecule has 0 aliphatic carbocycles. The molecule has 0 radical (unpaired) electrons. The number of nitrogens with zero attached hydrogens (tertiary/aromatic N) is 1. The van der Waals surface area contributed by atoms with Gasteiger partial charge in [-0.1, -0.05) is 72.8 Å². The summed E-state index contributed by atoms with van der Waals surface area (Å²) < 4.78 is 11.9. The third kappa shape index (κ3) is 4.52. The molecule has 1 N–H and O–H groups in total. The molecule has 2 fully saturated rings. The highest BCUT2D eigenvalue weighted by atomic mass is 16.5. The van der Waals surface area contributed by atoms with Crippen molar-refractivity contribution >= 4 is 0 Å². The molecule has 0 aromatic heterocycles. The molecule has 2 heterocycles. The summed E-state index contributed by atoms with van der Waals surface area (Å²) in [7, 11) is 0. The molecule has 5 rings (SSSR count). The lowest BCUT2D eigenvalue weighted by Gasteiger charge is -2.52. The van der Waals surface area contributed by atoms with E-state index in [1.165, 1.54) is 5.56 Å². The Hall–Kier alpha value is -2.66. The van der Waals surface area contributed by atoms with E-state index in [-0.39, 0.29) is 12.1 Å². The van der Waals surface area contributed by atoms with Gasteiger partial charge >= 0.3 is 0 Å². The molecule has 2 aliphatic heterocycles. The number of ether oxygens (including phenoxy) is 2. The van der Waals surface area contributed by atoms with Crippen molar-refractivity contribution in [2.75, 3.05) is 13.2 Å². The Kier molecular flexibility index (Phi) is 5.77. The highest BCUT2D eigenvalue weighted by Crippen LogP contribution is 2.42. The van der Waals surface area contributed by atoms with Crippen LogP contribution >= 0.6 is 0 Å². The van der Waals surface area contributed by atoms with E-state index in [1.807, 2.05) is 42.5 Å². The van der Waals surface area contributed by atoms with Crippen LogP contribution in [0, 0.1) is 0 Å². The number of aliphatic hydroxyl groups is 1. The highest BCUT2D eigenvalue weighted by Gasteiger charge is 2.46. The summed E-state index contributed by atoms with van der Waals surface area (Å²) in [5.74, 6) is 0.794. The van der Waals surface area contributed by atoms with Gasteiger partial charge in [-0.25, -0.2) is 0 Å². The van der Waals surface area contributed by atoms with E-state index in [0.29, 0.717) is 32.7 Å². The number of hydrogen-bond donors (Lipinski definition) is 1. The van der Waals surface area contributed by atoms with Gasteiger partial charge in [-0.2, -0.15) is 0 Å². The fourth-order valence-corrected chi connectivity index (χ4v) is 4.95. The van der Waals surface area contributed by atoms with Crippen LogP contribution in [0.25, 0.3) is 0 Å². The number of rotatable bonds is 6. The summed E-state index contributed by atoms with van der Waals surface area (Å²) >= 11 is 0. The van der Waals surface area contributed by atoms with Crippen LogP contribution in [-0.4, -0.2) is 35.3 Å². The Bertz CT molecular complexity index is 978. The topological polar surface area (TPSA) is 41.9 Å². The molecule has 0 spiro atoms. The van der Waals surface area contributed by atoms with Crippen LogP contribution in [0.4, 0.5) is 0 Å². The molecule has 2 saturated heterocycles. The molecule has 0 saturated carbocycles. The van der Waals surface area contributed by atoms with Crippen molar-refractivity contribution < 1.29 is 14.6 Å². The lowest BCUT2D eigenvalue weighted by molar-refractivity contribution is -0.149. The first kappa shape index (κ1) is 20.3. The zero-order valence-corrected chi connectivity index (χ0v) is 17.7. The standard InChI is InChI=1S/C27H29NO3/c29-27(23-12-7-13-26(14-23)31-18-22-10-5-2-6-11-22)15-24-19-30-20-25(16-27)28(24)17-21-8-3-1-4-9-21/h1-14,24-25,29H,15-20H2. The molecule has 160 valence electrons. The number of piperidine rings is 1. The van der Waals surface area contributed by atoms with Gasteiger partial charge in [0.2, 0.25) is 0 Å². The second-order valence-electron chi connectivity index (χ2n) is 8.74. The van der Waals surface area contributed by atoms with Crippen molar-refractivity contribution in [3.05, 3.63) is 102 Å². The second kappa shape index (κ2) is 8.83. The maximum atomic E-state index is 11.7. The molecule has 3 aromatic carbocycles. The van der Waals surface area contributed by atoms with Crippen LogP contribution in [0.15, 0.2) is 84.9 Å². The smallest absolute Gasteiger partial charge is 0.120 e. The zero-order valence-electron chi connectivity index (χ0n) is 17.7. The van der Waals surface area contributed by atoms with Crippen LogP contribution in [0.5, 0.6) is 5.75 Å². The number of benzene rings is 3. The lowest BCUT2D eigenvalue weighted by atomic mass is 9.76. The fourth-order valence-electron chi connectivity index (χ4n) is 4.95. The van der Waals surface area contributed by atoms with Gasteiger partial charge in [-0.15, -0.1) is 0 Å². The number of fused-ring (bicyclic) bond motifs is 2. The molecule has 4 nitrogen and oxygen atoms in total. The van der Waals surface area contributed by atoms with E-state index >= 15 is 0 Å². The Morgan fingerprint density at radius 2 is 1.48 bits per heavy atom. The molecule has 4 heteroatoms. The van der Waals surface area contributed by atoms with Crippen LogP contribution in [0.2, 0.25) is 0 Å². The van der Waals surface area contributed by atoms with E-state index < -0.39 is 5.60 Å². The SMILES string of the molecule is OC1(c2cccc(OCc3ccccc3)c2)CC2COCC(C1)N2Cc1ccccc1. The molecule has 31 heavy (non-hydrogen) atoms. The van der Waals surface area contributed by atoms with E-state index in [2.05, 4.69) is 47.4 Å². The van der Waals surface area contributed by atoms with E-state index in [1.54, 1.807) is 0 Å². The van der Waals surface area contributed by atoms with Crippen molar-refractivity contribution in [2.24, 2.45) is 0 Å². The predicted molar refractivity (Wildman–Crippen MR) is 121 cm³/mol. The van der Waals surface area contributed by atoms with Gasteiger partial charge in [-0.3, -0.25) is 4.90 Å². The molecule has 2 unspecified atom stereocenters. The third-order valence-electron chi connectivity index (χ3n) is 6.53. The van der Waals surface area contributed by atoms with Crippen molar-refractivity contribution in [3.8, 4) is 5.75 Å². The Balaban J connectivity index is 1.31. The zero-order chi connectivity index (χ0) is 21.1. The lowest BCUT2D eigenvalue weighted by Crippen LogP contribution is -2.60. The van der Waals surface area contributed by atoms with Gasteiger partial charge in [0.1, 0.15) is 12.4 Å². The summed E-state index contributed by atoms with van der Waals surface area (Å²) in [6.07, 6.45) is 1.33. The van der Waals surface area contributed by atoms with E-state index in [9.17, 15) is 5.11 Å². The monoisotopic (exact) mass is 415 g/mol. The van der Waals surface area contributed by atoms with E-state index in [0.717, 1.165) is 23.4 Å². The van der Waals surface area contributed by atoms with Gasteiger partial charge in [0.15, 0.2) is 0 Å². The van der Waals surface area contributed by atoms with Crippen LogP contribution in [0.1, 0.15) is 29.5 Å². The molecular formula is C27H29NO3. The van der Waals surface area contributed by atoms with E-state index in [4.69, 9.17) is 9.47 Å². The fraction of sp³-hybridized carbons (Fsp3) is 0.333. The number of hydrogen-bond acceptors (Lipinski definition) is 4. The Labute approximate surface area is 184 Å². The first-order valence-corrected chi connectivity index (χ1v) is 11.1. The summed E-state index contributed by atoms with van der Waals surface area (Å²) in [6.45, 7) is 2.74.